The number of hydrogen-bond donors (Lipinski definition) is 2. The van der Waals surface area contributed by atoms with Gasteiger partial charge in [-0.25, -0.2) is 0 Å². The Bertz CT molecular complexity index is 881. The molecule has 7 nitrogen and oxygen atoms in total. The first-order valence-corrected chi connectivity index (χ1v) is 10.6. The van der Waals surface area contributed by atoms with Crippen LogP contribution in [0.2, 0.25) is 0 Å². The molecule has 0 aliphatic carbocycles. The predicted molar refractivity (Wildman–Crippen MR) is 115 cm³/mol. The van der Waals surface area contributed by atoms with Gasteiger partial charge < -0.3 is 29.3 Å². The third kappa shape index (κ3) is 4.62. The number of quaternary nitrogens is 1. The van der Waals surface area contributed by atoms with Crippen molar-refractivity contribution in [3.8, 4) is 17.2 Å². The van der Waals surface area contributed by atoms with Gasteiger partial charge in [-0.1, -0.05) is 18.2 Å². The number of nitrogens with one attached hydrogen (secondary N) is 2. The molecule has 1 saturated heterocycles. The Labute approximate surface area is 177 Å². The molecule has 1 amide bonds. The summed E-state index contributed by atoms with van der Waals surface area (Å²) in [6.07, 6.45) is 0. The molecule has 1 atom stereocenters. The molecule has 2 N–H and O–H groups in total. The third-order valence-corrected chi connectivity index (χ3v) is 5.66. The van der Waals surface area contributed by atoms with Gasteiger partial charge in [-0.05, 0) is 43.7 Å². The van der Waals surface area contributed by atoms with Crippen molar-refractivity contribution in [1.29, 1.82) is 0 Å². The zero-order valence-electron chi connectivity index (χ0n) is 17.6. The van der Waals surface area contributed by atoms with E-state index in [2.05, 4.69) is 16.3 Å². The van der Waals surface area contributed by atoms with Crippen molar-refractivity contribution in [2.24, 2.45) is 0 Å². The topological polar surface area (TPSA) is 64.5 Å². The average molecular weight is 413 g/mol. The highest BCUT2D eigenvalue weighted by Crippen LogP contribution is 2.34. The molecule has 2 aliphatic heterocycles. The molecule has 0 radical (unpaired) electrons. The lowest BCUT2D eigenvalue weighted by Crippen LogP contribution is -3.15. The Morgan fingerprint density at radius 3 is 2.73 bits per heavy atom. The van der Waals surface area contributed by atoms with Crippen LogP contribution < -0.4 is 29.3 Å². The van der Waals surface area contributed by atoms with Gasteiger partial charge in [0.25, 0.3) is 5.91 Å². The summed E-state index contributed by atoms with van der Waals surface area (Å²) in [5.74, 6) is 2.49. The number of para-hydroxylation sites is 2. The maximum absolute atomic E-state index is 12.6. The lowest BCUT2D eigenvalue weighted by molar-refractivity contribution is -0.892. The van der Waals surface area contributed by atoms with Gasteiger partial charge in [-0.2, -0.15) is 0 Å². The summed E-state index contributed by atoms with van der Waals surface area (Å²) in [5.41, 5.74) is 2.15. The molecule has 0 aromatic heterocycles. The first-order valence-electron chi connectivity index (χ1n) is 10.6. The molecule has 2 aromatic carbocycles. The smallest absolute Gasteiger partial charge is 0.275 e. The van der Waals surface area contributed by atoms with Crippen LogP contribution in [0.5, 0.6) is 17.2 Å². The molecular formula is C23H30N3O4+. The number of piperazine rings is 1. The monoisotopic (exact) mass is 412 g/mol. The van der Waals surface area contributed by atoms with Crippen LogP contribution >= 0.6 is 0 Å². The number of rotatable bonds is 7. The van der Waals surface area contributed by atoms with Gasteiger partial charge in [0, 0.05) is 0 Å². The molecule has 2 aliphatic rings. The van der Waals surface area contributed by atoms with Gasteiger partial charge in [0.2, 0.25) is 6.79 Å². The minimum atomic E-state index is -0.0780. The number of carbonyl (C=O) groups is 1. The fraction of sp³-hybridized carbons (Fsp3) is 0.435. The lowest BCUT2D eigenvalue weighted by atomic mass is 10.1. The highest BCUT2D eigenvalue weighted by Gasteiger charge is 2.25. The maximum Gasteiger partial charge on any atom is 0.275 e. The average Bonchev–Trinajstić information content (AvgIpc) is 3.23. The highest BCUT2D eigenvalue weighted by molar-refractivity contribution is 5.77. The van der Waals surface area contributed by atoms with E-state index in [9.17, 15) is 4.79 Å². The Hall–Kier alpha value is -2.93. The van der Waals surface area contributed by atoms with E-state index in [4.69, 9.17) is 14.2 Å². The van der Waals surface area contributed by atoms with E-state index in [-0.39, 0.29) is 18.7 Å². The quantitative estimate of drug-likeness (QED) is 0.720. The van der Waals surface area contributed by atoms with Crippen molar-refractivity contribution < 1.29 is 23.9 Å². The van der Waals surface area contributed by atoms with Crippen LogP contribution in [0, 0.1) is 0 Å². The van der Waals surface area contributed by atoms with Crippen molar-refractivity contribution in [1.82, 2.24) is 5.32 Å². The van der Waals surface area contributed by atoms with E-state index < -0.39 is 0 Å². The number of amides is 1. The van der Waals surface area contributed by atoms with Crippen LogP contribution in [-0.2, 0) is 4.79 Å². The summed E-state index contributed by atoms with van der Waals surface area (Å²) in [6.45, 7) is 9.05. The molecule has 0 unspecified atom stereocenters. The Morgan fingerprint density at radius 1 is 1.17 bits per heavy atom. The molecular weight excluding hydrogens is 382 g/mol. The van der Waals surface area contributed by atoms with E-state index in [0.29, 0.717) is 13.2 Å². The van der Waals surface area contributed by atoms with Gasteiger partial charge in [0.15, 0.2) is 18.0 Å². The molecule has 160 valence electrons. The van der Waals surface area contributed by atoms with Crippen molar-refractivity contribution in [3.05, 3.63) is 48.0 Å². The molecule has 4 rings (SSSR count). The molecule has 0 spiro atoms. The molecule has 0 saturated carbocycles. The molecule has 7 heteroatoms. The van der Waals surface area contributed by atoms with Gasteiger partial charge in [0.1, 0.15) is 5.75 Å². The number of anilines is 1. The van der Waals surface area contributed by atoms with E-state index >= 15 is 0 Å². The second-order valence-electron chi connectivity index (χ2n) is 7.72. The van der Waals surface area contributed by atoms with E-state index in [1.54, 1.807) is 0 Å². The third-order valence-electron chi connectivity index (χ3n) is 5.66. The van der Waals surface area contributed by atoms with E-state index in [1.165, 1.54) is 4.90 Å². The summed E-state index contributed by atoms with van der Waals surface area (Å²) in [5, 5.41) is 3.11. The second-order valence-corrected chi connectivity index (χ2v) is 7.72. The summed E-state index contributed by atoms with van der Waals surface area (Å²) >= 11 is 0. The zero-order chi connectivity index (χ0) is 20.9. The number of fused-ring (bicyclic) bond motifs is 1. The van der Waals surface area contributed by atoms with Gasteiger partial charge in [-0.15, -0.1) is 0 Å². The summed E-state index contributed by atoms with van der Waals surface area (Å²) < 4.78 is 16.6. The number of ether oxygens (including phenoxy) is 3. The summed E-state index contributed by atoms with van der Waals surface area (Å²) in [6, 6.07) is 13.9. The van der Waals surface area contributed by atoms with Crippen molar-refractivity contribution >= 4 is 11.6 Å². The molecule has 2 aromatic rings. The first-order chi connectivity index (χ1) is 14.6. The minimum Gasteiger partial charge on any atom is -0.492 e. The van der Waals surface area contributed by atoms with Crippen LogP contribution in [0.25, 0.3) is 0 Å². The predicted octanol–water partition coefficient (Wildman–Crippen LogP) is 1.40. The van der Waals surface area contributed by atoms with Crippen LogP contribution in [0.15, 0.2) is 42.5 Å². The Balaban J connectivity index is 1.27. The molecule has 30 heavy (non-hydrogen) atoms. The number of carbonyl (C=O) groups excluding carboxylic acids is 1. The number of benzene rings is 2. The maximum atomic E-state index is 12.6. The van der Waals surface area contributed by atoms with Gasteiger partial charge in [0.05, 0.1) is 44.5 Å². The fourth-order valence-electron chi connectivity index (χ4n) is 4.02. The Morgan fingerprint density at radius 2 is 1.93 bits per heavy atom. The molecule has 2 heterocycles. The largest absolute Gasteiger partial charge is 0.492 e. The first kappa shape index (κ1) is 20.3. The van der Waals surface area contributed by atoms with Crippen LogP contribution in [-0.4, -0.2) is 52.0 Å². The van der Waals surface area contributed by atoms with Crippen molar-refractivity contribution in [2.45, 2.75) is 19.9 Å². The van der Waals surface area contributed by atoms with Crippen molar-refractivity contribution in [3.63, 3.8) is 0 Å². The van der Waals surface area contributed by atoms with Crippen molar-refractivity contribution in [2.75, 3.05) is 51.0 Å². The Kier molecular flexibility index (Phi) is 6.28. The SMILES string of the molecule is CCOc1ccccc1N1CC[NH+](CC(=O)N[C@H](C)c2ccc3c(c2)OCO3)CC1. The number of nitrogens with zero attached hydrogens (tertiary/aromatic N) is 1. The lowest BCUT2D eigenvalue weighted by Gasteiger charge is -2.34. The number of hydrogen-bond acceptors (Lipinski definition) is 5. The van der Waals surface area contributed by atoms with Gasteiger partial charge in [-0.3, -0.25) is 4.79 Å². The molecule has 0 bridgehead atoms. The molecule has 1 fully saturated rings. The summed E-state index contributed by atoms with van der Waals surface area (Å²) in [7, 11) is 0. The van der Waals surface area contributed by atoms with Crippen LogP contribution in [0.3, 0.4) is 0 Å². The normalized spacial score (nSPS) is 16.9. The minimum absolute atomic E-state index is 0.0679. The standard InChI is InChI=1S/C23H29N3O4/c1-3-28-20-7-5-4-6-19(20)26-12-10-25(11-13-26)15-23(27)24-17(2)18-8-9-21-22(14-18)30-16-29-21/h4-9,14,17H,3,10-13,15-16H2,1-2H3,(H,24,27)/p+1/t17-/m1/s1. The second kappa shape index (κ2) is 9.26. The van der Waals surface area contributed by atoms with E-state index in [0.717, 1.165) is 54.7 Å². The highest BCUT2D eigenvalue weighted by atomic mass is 16.7. The zero-order valence-corrected chi connectivity index (χ0v) is 17.6. The fourth-order valence-corrected chi connectivity index (χ4v) is 4.02. The van der Waals surface area contributed by atoms with Crippen LogP contribution in [0.1, 0.15) is 25.5 Å². The van der Waals surface area contributed by atoms with Crippen LogP contribution in [0.4, 0.5) is 5.69 Å². The van der Waals surface area contributed by atoms with Gasteiger partial charge >= 0.3 is 0 Å². The summed E-state index contributed by atoms with van der Waals surface area (Å²) in [4.78, 5) is 16.2. The van der Waals surface area contributed by atoms with E-state index in [1.807, 2.05) is 50.2 Å².